The van der Waals surface area contributed by atoms with E-state index >= 15 is 0 Å². The quantitative estimate of drug-likeness (QED) is 0.236. The van der Waals surface area contributed by atoms with Gasteiger partial charge < -0.3 is 0 Å². The molecule has 2 heterocycles. The van der Waals surface area contributed by atoms with Crippen LogP contribution >= 0.6 is 35.0 Å². The van der Waals surface area contributed by atoms with Gasteiger partial charge in [0.15, 0.2) is 5.17 Å². The summed E-state index contributed by atoms with van der Waals surface area (Å²) in [6.45, 7) is 2.03. The summed E-state index contributed by atoms with van der Waals surface area (Å²) in [6.07, 6.45) is 0.616. The number of nitrogens with zero attached hydrogens (tertiary/aromatic N) is 3. The van der Waals surface area contributed by atoms with Crippen molar-refractivity contribution in [1.82, 2.24) is 5.01 Å². The van der Waals surface area contributed by atoms with E-state index in [1.807, 2.05) is 55.5 Å². The molecule has 0 radical (unpaired) electrons. The number of benzene rings is 3. The molecule has 0 saturated carbocycles. The molecule has 1 fully saturated rings. The van der Waals surface area contributed by atoms with Crippen molar-refractivity contribution in [3.8, 4) is 0 Å². The van der Waals surface area contributed by atoms with Gasteiger partial charge in [0.25, 0.3) is 0 Å². The normalized spacial score (nSPS) is 19.7. The molecule has 182 valence electrons. The van der Waals surface area contributed by atoms with Crippen LogP contribution < -0.4 is 4.90 Å². The van der Waals surface area contributed by atoms with Crippen molar-refractivity contribution in [2.75, 3.05) is 4.90 Å². The molecule has 0 unspecified atom stereocenters. The van der Waals surface area contributed by atoms with E-state index in [2.05, 4.69) is 0 Å². The van der Waals surface area contributed by atoms with Crippen molar-refractivity contribution in [2.24, 2.45) is 5.10 Å². The molecule has 3 aromatic carbocycles. The Morgan fingerprint density at radius 2 is 1.53 bits per heavy atom. The van der Waals surface area contributed by atoms with Crippen molar-refractivity contribution in [3.05, 3.63) is 99.5 Å². The number of imide groups is 1. The van der Waals surface area contributed by atoms with Crippen LogP contribution in [0.3, 0.4) is 0 Å². The summed E-state index contributed by atoms with van der Waals surface area (Å²) >= 11 is 13.1. The smallest absolute Gasteiger partial charge is 0.247 e. The third-order valence-corrected chi connectivity index (χ3v) is 7.77. The molecule has 1 N–H and O–H groups in total. The lowest BCUT2D eigenvalue weighted by atomic mass is 9.98. The average molecular weight is 537 g/mol. The monoisotopic (exact) mass is 536 g/mol. The predicted molar refractivity (Wildman–Crippen MR) is 146 cm³/mol. The van der Waals surface area contributed by atoms with Crippen LogP contribution in [0.1, 0.15) is 35.6 Å². The van der Waals surface area contributed by atoms with E-state index in [0.29, 0.717) is 22.2 Å². The number of amides is 2. The van der Waals surface area contributed by atoms with E-state index in [1.165, 1.54) is 4.90 Å². The van der Waals surface area contributed by atoms with Gasteiger partial charge in [0.05, 0.1) is 17.4 Å². The largest absolute Gasteiger partial charge is 0.277 e. The second-order valence-electron chi connectivity index (χ2n) is 8.69. The number of amidine groups is 1. The molecule has 5 rings (SSSR count). The Morgan fingerprint density at radius 1 is 0.917 bits per heavy atom. The minimum absolute atomic E-state index is 0.0164. The molecule has 3 aromatic rings. The van der Waals surface area contributed by atoms with Crippen LogP contribution in [0.4, 0.5) is 5.69 Å². The summed E-state index contributed by atoms with van der Waals surface area (Å²) in [7, 11) is 0. The molecule has 36 heavy (non-hydrogen) atoms. The zero-order chi connectivity index (χ0) is 25.4. The van der Waals surface area contributed by atoms with Gasteiger partial charge >= 0.3 is 0 Å². The molecule has 0 aromatic heterocycles. The van der Waals surface area contributed by atoms with Gasteiger partial charge in [-0.2, -0.15) is 5.10 Å². The molecule has 1 saturated heterocycles. The van der Waals surface area contributed by atoms with Gasteiger partial charge in [-0.1, -0.05) is 76.9 Å². The predicted octanol–water partition coefficient (Wildman–Crippen LogP) is 6.45. The molecule has 2 atom stereocenters. The minimum atomic E-state index is -0.704. The van der Waals surface area contributed by atoms with Crippen molar-refractivity contribution < 1.29 is 9.59 Å². The van der Waals surface area contributed by atoms with E-state index in [-0.39, 0.29) is 29.4 Å². The number of carbonyl (C=O) groups excluding carboxylic acids is 2. The van der Waals surface area contributed by atoms with E-state index in [4.69, 9.17) is 33.7 Å². The number of hydrazone groups is 1. The number of aryl methyl sites for hydroxylation is 1. The number of nitrogens with one attached hydrogen (secondary N) is 1. The zero-order valence-corrected chi connectivity index (χ0v) is 21.6. The van der Waals surface area contributed by atoms with E-state index in [0.717, 1.165) is 34.2 Å². The topological polar surface area (TPSA) is 76.8 Å². The molecule has 2 aliphatic rings. The van der Waals surface area contributed by atoms with Gasteiger partial charge in [-0.15, -0.1) is 0 Å². The number of anilines is 1. The average Bonchev–Trinajstić information content (AvgIpc) is 3.42. The number of hydrogen-bond acceptors (Lipinski definition) is 5. The lowest BCUT2D eigenvalue weighted by molar-refractivity contribution is -0.121. The Kier molecular flexibility index (Phi) is 6.88. The molecular formula is C27H22Cl2N4O2S. The van der Waals surface area contributed by atoms with Crippen LogP contribution in [0.2, 0.25) is 10.0 Å². The van der Waals surface area contributed by atoms with Crippen LogP contribution in [0.5, 0.6) is 0 Å². The highest BCUT2D eigenvalue weighted by Crippen LogP contribution is 2.38. The Morgan fingerprint density at radius 3 is 2.17 bits per heavy atom. The highest BCUT2D eigenvalue weighted by Gasteiger charge is 2.42. The first-order valence-electron chi connectivity index (χ1n) is 11.4. The highest BCUT2D eigenvalue weighted by molar-refractivity contribution is 8.14. The summed E-state index contributed by atoms with van der Waals surface area (Å²) in [4.78, 5) is 27.0. The molecule has 9 heteroatoms. The van der Waals surface area contributed by atoms with Gasteiger partial charge in [-0.05, 0) is 54.4 Å². The molecular weight excluding hydrogens is 515 g/mol. The number of hydrogen-bond donors (Lipinski definition) is 1. The lowest BCUT2D eigenvalue weighted by Crippen LogP contribution is -2.32. The first-order chi connectivity index (χ1) is 17.3. The van der Waals surface area contributed by atoms with E-state index in [1.54, 1.807) is 29.3 Å². The maximum Gasteiger partial charge on any atom is 0.247 e. The zero-order valence-electron chi connectivity index (χ0n) is 19.3. The van der Waals surface area contributed by atoms with Gasteiger partial charge in [0.1, 0.15) is 5.25 Å². The Bertz CT molecular complexity index is 1360. The SMILES string of the molecule is Cc1ccc(C2=NN(C(=N)S[C@H]3CC(=O)N(c4ccc(Cl)cc4)C3=O)[C@H](c3ccc(Cl)cc3)C2)cc1. The fourth-order valence-electron chi connectivity index (χ4n) is 4.31. The molecule has 2 aliphatic heterocycles. The van der Waals surface area contributed by atoms with Gasteiger partial charge in [0.2, 0.25) is 11.8 Å². The van der Waals surface area contributed by atoms with Crippen molar-refractivity contribution in [3.63, 3.8) is 0 Å². The Labute approximate surface area is 223 Å². The summed E-state index contributed by atoms with van der Waals surface area (Å²) in [5.41, 5.74) is 4.44. The lowest BCUT2D eigenvalue weighted by Gasteiger charge is -2.24. The molecule has 0 aliphatic carbocycles. The fraction of sp³-hybridized carbons (Fsp3) is 0.185. The summed E-state index contributed by atoms with van der Waals surface area (Å²) < 4.78 is 0. The van der Waals surface area contributed by atoms with Gasteiger partial charge in [-0.3, -0.25) is 15.0 Å². The standard InChI is InChI=1S/C27H22Cl2N4O2S/c1-16-2-4-17(5-3-16)22-14-23(18-6-8-19(28)9-7-18)33(31-22)27(30)36-24-15-25(34)32(26(24)35)21-12-10-20(29)11-13-21/h2-13,23-24,30H,14-15H2,1H3/t23-,24-/m0/s1. The second kappa shape index (κ2) is 10.1. The molecule has 6 nitrogen and oxygen atoms in total. The van der Waals surface area contributed by atoms with Crippen LogP contribution in [0.25, 0.3) is 0 Å². The summed E-state index contributed by atoms with van der Waals surface area (Å²) in [5.74, 6) is -0.644. The van der Waals surface area contributed by atoms with E-state index < -0.39 is 5.25 Å². The van der Waals surface area contributed by atoms with Crippen LogP contribution in [-0.2, 0) is 9.59 Å². The number of carbonyl (C=O) groups is 2. The van der Waals surface area contributed by atoms with Crippen LogP contribution in [0, 0.1) is 12.3 Å². The Hall–Kier alpha value is -3.13. The first-order valence-corrected chi connectivity index (χ1v) is 13.0. The molecule has 0 bridgehead atoms. The van der Waals surface area contributed by atoms with Gasteiger partial charge in [0, 0.05) is 22.9 Å². The van der Waals surface area contributed by atoms with Crippen molar-refractivity contribution in [1.29, 1.82) is 5.41 Å². The van der Waals surface area contributed by atoms with E-state index in [9.17, 15) is 9.59 Å². The fourth-order valence-corrected chi connectivity index (χ4v) is 5.54. The van der Waals surface area contributed by atoms with Crippen molar-refractivity contribution in [2.45, 2.75) is 31.1 Å². The third kappa shape index (κ3) is 4.91. The third-order valence-electron chi connectivity index (χ3n) is 6.20. The summed E-state index contributed by atoms with van der Waals surface area (Å²) in [6, 6.07) is 22.0. The van der Waals surface area contributed by atoms with Gasteiger partial charge in [-0.25, -0.2) is 9.91 Å². The maximum absolute atomic E-state index is 13.1. The minimum Gasteiger partial charge on any atom is -0.277 e. The number of thioether (sulfide) groups is 1. The Balaban J connectivity index is 1.39. The number of halogens is 2. The van der Waals surface area contributed by atoms with Crippen LogP contribution in [0.15, 0.2) is 77.9 Å². The molecule has 2 amide bonds. The van der Waals surface area contributed by atoms with Crippen LogP contribution in [-0.4, -0.2) is 33.0 Å². The van der Waals surface area contributed by atoms with Crippen molar-refractivity contribution >= 4 is 63.3 Å². The summed E-state index contributed by atoms with van der Waals surface area (Å²) in [5, 5.41) is 15.9. The first kappa shape index (κ1) is 24.6. The highest BCUT2D eigenvalue weighted by atomic mass is 35.5. The molecule has 0 spiro atoms. The maximum atomic E-state index is 13.1. The second-order valence-corrected chi connectivity index (χ2v) is 10.8. The number of rotatable bonds is 4.